The highest BCUT2D eigenvalue weighted by Gasteiger charge is 2.22. The monoisotopic (exact) mass is 548 g/mol. The smallest absolute Gasteiger partial charge is 0.229 e. The van der Waals surface area contributed by atoms with Gasteiger partial charge in [-0.25, -0.2) is 4.98 Å². The summed E-state index contributed by atoms with van der Waals surface area (Å²) in [6.07, 6.45) is 3.52. The van der Waals surface area contributed by atoms with Crippen molar-refractivity contribution in [3.63, 3.8) is 0 Å². The fourth-order valence-corrected chi connectivity index (χ4v) is 5.52. The second kappa shape index (κ2) is 9.53. The van der Waals surface area contributed by atoms with Crippen molar-refractivity contribution in [3.05, 3.63) is 71.4 Å². The Hall–Kier alpha value is -4.63. The van der Waals surface area contributed by atoms with Gasteiger partial charge in [0.1, 0.15) is 11.2 Å². The largest absolute Gasteiger partial charge is 0.335 e. The number of fused-ring (bicyclic) bond motifs is 2. The number of thiophene rings is 1. The highest BCUT2D eigenvalue weighted by molar-refractivity contribution is 7.17. The summed E-state index contributed by atoms with van der Waals surface area (Å²) >= 11 is 1.43. The Morgan fingerprint density at radius 1 is 0.950 bits per heavy atom. The van der Waals surface area contributed by atoms with Crippen LogP contribution in [0.15, 0.2) is 60.9 Å². The summed E-state index contributed by atoms with van der Waals surface area (Å²) in [5.74, 6) is 0.629. The van der Waals surface area contributed by atoms with Gasteiger partial charge in [-0.3, -0.25) is 19.7 Å². The highest BCUT2D eigenvalue weighted by Crippen LogP contribution is 2.36. The molecule has 0 aliphatic rings. The van der Waals surface area contributed by atoms with Crippen molar-refractivity contribution in [3.8, 4) is 33.1 Å². The summed E-state index contributed by atoms with van der Waals surface area (Å²) in [4.78, 5) is 38.8. The number of rotatable bonds is 5. The Bertz CT molecular complexity index is 1940. The molecule has 0 saturated heterocycles. The SMILES string of the molecule is CC(=O)c1ccc(-c2cncc3[nH]c(-c4n[nH]c5ccc(-c6cc(C)cc(NC(=O)C(C)(C)C)c6)cc45)nc23)s1. The fraction of sp³-hybridized carbons (Fsp3) is 0.194. The molecule has 4 heterocycles. The van der Waals surface area contributed by atoms with Crippen molar-refractivity contribution in [1.29, 1.82) is 0 Å². The minimum absolute atomic E-state index is 0.0320. The van der Waals surface area contributed by atoms with Crippen LogP contribution in [0.5, 0.6) is 0 Å². The van der Waals surface area contributed by atoms with E-state index in [9.17, 15) is 9.59 Å². The Labute approximate surface area is 234 Å². The number of amides is 1. The van der Waals surface area contributed by atoms with Gasteiger partial charge in [0.2, 0.25) is 5.91 Å². The van der Waals surface area contributed by atoms with Gasteiger partial charge in [-0.2, -0.15) is 5.10 Å². The van der Waals surface area contributed by atoms with Crippen LogP contribution in [0.4, 0.5) is 5.69 Å². The normalized spacial score (nSPS) is 11.8. The zero-order chi connectivity index (χ0) is 28.2. The Morgan fingerprint density at radius 3 is 2.52 bits per heavy atom. The van der Waals surface area contributed by atoms with Crippen LogP contribution in [0.1, 0.15) is 42.9 Å². The van der Waals surface area contributed by atoms with Crippen LogP contribution in [0.2, 0.25) is 0 Å². The van der Waals surface area contributed by atoms with Gasteiger partial charge in [-0.15, -0.1) is 11.3 Å². The average Bonchev–Trinajstić information content (AvgIpc) is 3.65. The van der Waals surface area contributed by atoms with E-state index in [-0.39, 0.29) is 11.7 Å². The lowest BCUT2D eigenvalue weighted by Crippen LogP contribution is -2.27. The van der Waals surface area contributed by atoms with Crippen molar-refractivity contribution in [2.24, 2.45) is 5.41 Å². The predicted molar refractivity (Wildman–Crippen MR) is 161 cm³/mol. The molecule has 9 heteroatoms. The minimum atomic E-state index is -0.490. The number of nitrogens with one attached hydrogen (secondary N) is 3. The first-order valence-electron chi connectivity index (χ1n) is 12.9. The number of H-pyrrole nitrogens is 2. The van der Waals surface area contributed by atoms with Crippen molar-refractivity contribution >= 4 is 50.7 Å². The van der Waals surface area contributed by atoms with Gasteiger partial charge in [0, 0.05) is 33.1 Å². The van der Waals surface area contributed by atoms with Gasteiger partial charge in [0.15, 0.2) is 11.6 Å². The highest BCUT2D eigenvalue weighted by atomic mass is 32.1. The third-order valence-electron chi connectivity index (χ3n) is 6.75. The first-order valence-corrected chi connectivity index (χ1v) is 13.8. The number of nitrogens with zero attached hydrogens (tertiary/aromatic N) is 3. The van der Waals surface area contributed by atoms with E-state index >= 15 is 0 Å². The van der Waals surface area contributed by atoms with Gasteiger partial charge in [0.05, 0.1) is 22.1 Å². The van der Waals surface area contributed by atoms with Crippen LogP contribution in [-0.4, -0.2) is 36.8 Å². The molecule has 200 valence electrons. The van der Waals surface area contributed by atoms with Gasteiger partial charge in [-0.05, 0) is 66.9 Å². The van der Waals surface area contributed by atoms with Crippen molar-refractivity contribution in [2.45, 2.75) is 34.6 Å². The molecule has 0 atom stereocenters. The number of aromatic amines is 2. The fourth-order valence-electron chi connectivity index (χ4n) is 4.61. The molecule has 0 aliphatic carbocycles. The molecule has 1 amide bonds. The molecule has 40 heavy (non-hydrogen) atoms. The summed E-state index contributed by atoms with van der Waals surface area (Å²) < 4.78 is 0. The Balaban J connectivity index is 1.41. The molecular weight excluding hydrogens is 520 g/mol. The molecule has 0 radical (unpaired) electrons. The molecule has 0 bridgehead atoms. The number of Topliss-reactive ketones (excluding diaryl/α,β-unsaturated/α-hetero) is 1. The number of hydrogen-bond acceptors (Lipinski definition) is 6. The number of aromatic nitrogens is 5. The van der Waals surface area contributed by atoms with Crippen molar-refractivity contribution < 1.29 is 9.59 Å². The molecule has 0 fully saturated rings. The van der Waals surface area contributed by atoms with E-state index in [1.54, 1.807) is 19.3 Å². The van der Waals surface area contributed by atoms with Crippen LogP contribution in [0, 0.1) is 12.3 Å². The van der Waals surface area contributed by atoms with E-state index < -0.39 is 5.41 Å². The van der Waals surface area contributed by atoms with E-state index in [2.05, 4.69) is 37.6 Å². The summed E-state index contributed by atoms with van der Waals surface area (Å²) in [5, 5.41) is 11.7. The lowest BCUT2D eigenvalue weighted by molar-refractivity contribution is -0.123. The quantitative estimate of drug-likeness (QED) is 0.194. The Kier molecular flexibility index (Phi) is 6.11. The van der Waals surface area contributed by atoms with E-state index in [4.69, 9.17) is 4.98 Å². The number of carbonyl (C=O) groups excluding carboxylic acids is 2. The summed E-state index contributed by atoms with van der Waals surface area (Å²) in [5.41, 5.74) is 7.32. The predicted octanol–water partition coefficient (Wildman–Crippen LogP) is 7.39. The molecular formula is C31H28N6O2S. The topological polar surface area (TPSA) is 116 Å². The van der Waals surface area contributed by atoms with Crippen LogP contribution in [0.3, 0.4) is 0 Å². The van der Waals surface area contributed by atoms with E-state index in [0.717, 1.165) is 54.8 Å². The van der Waals surface area contributed by atoms with Crippen LogP contribution < -0.4 is 5.32 Å². The van der Waals surface area contributed by atoms with Gasteiger partial charge in [-0.1, -0.05) is 32.9 Å². The molecule has 4 aromatic heterocycles. The zero-order valence-electron chi connectivity index (χ0n) is 22.8. The molecule has 8 nitrogen and oxygen atoms in total. The lowest BCUT2D eigenvalue weighted by Gasteiger charge is -2.18. The minimum Gasteiger partial charge on any atom is -0.335 e. The number of anilines is 1. The standard InChI is InChI=1S/C31H28N6O2S/c1-16-10-19(12-20(11-16)33-30(39)31(3,4)5)18-6-7-23-21(13-18)28(37-36-23)29-34-24-15-32-14-22(27(24)35-29)26-9-8-25(40-26)17(2)38/h6-15H,1-5H3,(H,33,39)(H,34,35)(H,36,37). The van der Waals surface area contributed by atoms with Crippen molar-refractivity contribution in [2.75, 3.05) is 5.32 Å². The van der Waals surface area contributed by atoms with Crippen LogP contribution in [0.25, 0.3) is 55.0 Å². The third kappa shape index (κ3) is 4.69. The Morgan fingerprint density at radius 2 is 1.77 bits per heavy atom. The third-order valence-corrected chi connectivity index (χ3v) is 7.97. The first-order chi connectivity index (χ1) is 19.1. The summed E-state index contributed by atoms with van der Waals surface area (Å²) in [7, 11) is 0. The average molecular weight is 549 g/mol. The molecule has 2 aromatic carbocycles. The molecule has 0 aliphatic heterocycles. The zero-order valence-corrected chi connectivity index (χ0v) is 23.7. The first kappa shape index (κ1) is 25.6. The molecule has 3 N–H and O–H groups in total. The number of benzene rings is 2. The van der Waals surface area contributed by atoms with Crippen LogP contribution >= 0.6 is 11.3 Å². The van der Waals surface area contributed by atoms with Gasteiger partial charge < -0.3 is 10.3 Å². The number of aryl methyl sites for hydroxylation is 1. The second-order valence-corrected chi connectivity index (χ2v) is 12.1. The lowest BCUT2D eigenvalue weighted by atomic mass is 9.95. The number of ketones is 1. The second-order valence-electron chi connectivity index (χ2n) is 11.0. The van der Waals surface area contributed by atoms with E-state index in [1.807, 2.05) is 64.1 Å². The molecule has 0 saturated carbocycles. The molecule has 6 rings (SSSR count). The molecule has 6 aromatic rings. The summed E-state index contributed by atoms with van der Waals surface area (Å²) in [6.45, 7) is 9.28. The maximum absolute atomic E-state index is 12.6. The molecule has 0 unspecified atom stereocenters. The van der Waals surface area contributed by atoms with Crippen LogP contribution in [-0.2, 0) is 4.79 Å². The maximum Gasteiger partial charge on any atom is 0.229 e. The van der Waals surface area contributed by atoms with Crippen molar-refractivity contribution in [1.82, 2.24) is 25.1 Å². The number of hydrogen-bond donors (Lipinski definition) is 3. The van der Waals surface area contributed by atoms with Gasteiger partial charge >= 0.3 is 0 Å². The van der Waals surface area contributed by atoms with E-state index in [1.165, 1.54) is 11.3 Å². The molecule has 0 spiro atoms. The number of pyridine rings is 1. The number of imidazole rings is 1. The van der Waals surface area contributed by atoms with Gasteiger partial charge in [0.25, 0.3) is 0 Å². The summed E-state index contributed by atoms with van der Waals surface area (Å²) in [6, 6.07) is 16.0. The number of carbonyl (C=O) groups is 2. The van der Waals surface area contributed by atoms with E-state index in [0.29, 0.717) is 16.4 Å². The maximum atomic E-state index is 12.6.